The largest absolute Gasteiger partial charge is 0.383 e. The van der Waals surface area contributed by atoms with Crippen molar-refractivity contribution < 1.29 is 14.3 Å². The molecule has 6 heteroatoms. The molecule has 0 radical (unpaired) electrons. The number of rotatable bonds is 5. The lowest BCUT2D eigenvalue weighted by molar-refractivity contribution is -0.138. The fourth-order valence-corrected chi connectivity index (χ4v) is 2.55. The smallest absolute Gasteiger partial charge is 0.249 e. The highest BCUT2D eigenvalue weighted by Crippen LogP contribution is 2.23. The highest BCUT2D eigenvalue weighted by atomic mass is 16.5. The number of nitrogens with zero attached hydrogens (tertiary/aromatic N) is 2. The van der Waals surface area contributed by atoms with E-state index in [4.69, 9.17) is 10.5 Å². The summed E-state index contributed by atoms with van der Waals surface area (Å²) in [5, 5.41) is 0. The molecule has 6 nitrogen and oxygen atoms in total. The zero-order valence-electron chi connectivity index (χ0n) is 12.4. The molecule has 1 saturated heterocycles. The fraction of sp³-hybridized carbons (Fsp3) is 0.467. The number of carbonyl (C=O) groups is 2. The van der Waals surface area contributed by atoms with Gasteiger partial charge in [-0.25, -0.2) is 0 Å². The Morgan fingerprint density at radius 3 is 2.76 bits per heavy atom. The number of nitrogens with two attached hydrogens (primary N) is 1. The predicted octanol–water partition coefficient (Wildman–Crippen LogP) is 0.224. The van der Waals surface area contributed by atoms with E-state index in [1.165, 1.54) is 12.0 Å². The summed E-state index contributed by atoms with van der Waals surface area (Å²) in [5.74, 6) is -0.341. The van der Waals surface area contributed by atoms with Crippen molar-refractivity contribution in [2.45, 2.75) is 18.5 Å². The second-order valence-electron chi connectivity index (χ2n) is 5.14. The Morgan fingerprint density at radius 2 is 2.14 bits per heavy atom. The monoisotopic (exact) mass is 291 g/mol. The molecule has 0 spiro atoms. The molecule has 1 aliphatic rings. The van der Waals surface area contributed by atoms with Crippen LogP contribution >= 0.6 is 0 Å². The van der Waals surface area contributed by atoms with Gasteiger partial charge in [0.05, 0.1) is 6.61 Å². The minimum absolute atomic E-state index is 0.0679. The van der Waals surface area contributed by atoms with Crippen molar-refractivity contribution in [3.8, 4) is 0 Å². The second-order valence-corrected chi connectivity index (χ2v) is 5.14. The van der Waals surface area contributed by atoms with Crippen LogP contribution in [0.2, 0.25) is 0 Å². The maximum Gasteiger partial charge on any atom is 0.249 e. The van der Waals surface area contributed by atoms with Gasteiger partial charge in [-0.15, -0.1) is 0 Å². The zero-order valence-corrected chi connectivity index (χ0v) is 12.4. The minimum atomic E-state index is -0.737. The van der Waals surface area contributed by atoms with Crippen LogP contribution in [0, 0.1) is 0 Å². The van der Waals surface area contributed by atoms with Crippen LogP contribution in [0.15, 0.2) is 30.3 Å². The average Bonchev–Trinajstić information content (AvgIpc) is 2.88. The van der Waals surface area contributed by atoms with Gasteiger partial charge in [-0.3, -0.25) is 9.59 Å². The van der Waals surface area contributed by atoms with E-state index in [1.54, 1.807) is 11.9 Å². The number of anilines is 1. The molecule has 2 atom stereocenters. The van der Waals surface area contributed by atoms with Crippen LogP contribution in [0.1, 0.15) is 6.42 Å². The summed E-state index contributed by atoms with van der Waals surface area (Å²) in [6, 6.07) is 8.26. The molecule has 2 N–H and O–H groups in total. The summed E-state index contributed by atoms with van der Waals surface area (Å²) < 4.78 is 4.89. The summed E-state index contributed by atoms with van der Waals surface area (Å²) >= 11 is 0. The first-order valence-corrected chi connectivity index (χ1v) is 6.94. The number of carbonyl (C=O) groups excluding carboxylic acids is 2. The molecular formula is C15H21N3O3. The molecule has 0 bridgehead atoms. The van der Waals surface area contributed by atoms with Crippen LogP contribution in [0.4, 0.5) is 5.69 Å². The van der Waals surface area contributed by atoms with Gasteiger partial charge >= 0.3 is 0 Å². The molecule has 0 aliphatic carbocycles. The van der Waals surface area contributed by atoms with Crippen LogP contribution in [0.25, 0.3) is 0 Å². The first-order chi connectivity index (χ1) is 10.1. The third kappa shape index (κ3) is 3.22. The molecular weight excluding hydrogens is 270 g/mol. The van der Waals surface area contributed by atoms with Crippen molar-refractivity contribution in [2.24, 2.45) is 5.73 Å². The number of likely N-dealkylation sites (N-methyl/N-ethyl adjacent to an activating group) is 1. The van der Waals surface area contributed by atoms with Crippen molar-refractivity contribution >= 4 is 17.5 Å². The van der Waals surface area contributed by atoms with Crippen molar-refractivity contribution in [3.63, 3.8) is 0 Å². The Kier molecular flexibility index (Phi) is 4.93. The normalized spacial score (nSPS) is 19.7. The topological polar surface area (TPSA) is 75.9 Å². The first kappa shape index (κ1) is 15.5. The standard InChI is InChI=1S/C15H21N3O3/c1-17(14(19)12(16)10-21-2)13-8-9-18(15(13)20)11-6-4-3-5-7-11/h3-7,12-13H,8-10,16H2,1-2H3. The molecule has 2 unspecified atom stereocenters. The maximum absolute atomic E-state index is 12.5. The van der Waals surface area contributed by atoms with Gasteiger partial charge in [0.2, 0.25) is 11.8 Å². The van der Waals surface area contributed by atoms with Gasteiger partial charge in [0.25, 0.3) is 0 Å². The van der Waals surface area contributed by atoms with Crippen molar-refractivity contribution in [3.05, 3.63) is 30.3 Å². The molecule has 1 aromatic carbocycles. The van der Waals surface area contributed by atoms with Gasteiger partial charge in [0, 0.05) is 26.4 Å². The third-order valence-corrected chi connectivity index (χ3v) is 3.72. The van der Waals surface area contributed by atoms with Gasteiger partial charge in [-0.2, -0.15) is 0 Å². The lowest BCUT2D eigenvalue weighted by Gasteiger charge is -2.26. The molecule has 1 aliphatic heterocycles. The second kappa shape index (κ2) is 6.69. The highest BCUT2D eigenvalue weighted by Gasteiger charge is 2.38. The van der Waals surface area contributed by atoms with Crippen LogP contribution in [0.5, 0.6) is 0 Å². The number of methoxy groups -OCH3 is 1. The van der Waals surface area contributed by atoms with E-state index < -0.39 is 12.1 Å². The van der Waals surface area contributed by atoms with Gasteiger partial charge in [-0.1, -0.05) is 18.2 Å². The van der Waals surface area contributed by atoms with Crippen LogP contribution in [0.3, 0.4) is 0 Å². The molecule has 0 saturated carbocycles. The molecule has 1 aromatic rings. The van der Waals surface area contributed by atoms with E-state index >= 15 is 0 Å². The number of hydrogen-bond donors (Lipinski definition) is 1. The van der Waals surface area contributed by atoms with E-state index in [9.17, 15) is 9.59 Å². The Hall–Kier alpha value is -1.92. The fourth-order valence-electron chi connectivity index (χ4n) is 2.55. The van der Waals surface area contributed by atoms with E-state index in [0.717, 1.165) is 5.69 Å². The zero-order chi connectivity index (χ0) is 15.4. The number of ether oxygens (including phenoxy) is 1. The SMILES string of the molecule is COCC(N)C(=O)N(C)C1CCN(c2ccccc2)C1=O. The van der Waals surface area contributed by atoms with Crippen LogP contribution in [-0.4, -0.2) is 56.1 Å². The minimum Gasteiger partial charge on any atom is -0.383 e. The number of hydrogen-bond acceptors (Lipinski definition) is 4. The lowest BCUT2D eigenvalue weighted by Crippen LogP contribution is -2.50. The molecule has 1 heterocycles. The Labute approximate surface area is 124 Å². The summed E-state index contributed by atoms with van der Waals surface area (Å²) in [7, 11) is 3.11. The van der Waals surface area contributed by atoms with Crippen molar-refractivity contribution in [1.29, 1.82) is 0 Å². The van der Waals surface area contributed by atoms with E-state index in [-0.39, 0.29) is 18.4 Å². The lowest BCUT2D eigenvalue weighted by atomic mass is 10.2. The summed E-state index contributed by atoms with van der Waals surface area (Å²) in [5.41, 5.74) is 6.60. The summed E-state index contributed by atoms with van der Waals surface area (Å²) in [4.78, 5) is 27.8. The van der Waals surface area contributed by atoms with E-state index in [0.29, 0.717) is 13.0 Å². The highest BCUT2D eigenvalue weighted by molar-refractivity contribution is 6.01. The van der Waals surface area contributed by atoms with Gasteiger partial charge in [0.1, 0.15) is 12.1 Å². The van der Waals surface area contributed by atoms with Crippen LogP contribution in [-0.2, 0) is 14.3 Å². The molecule has 21 heavy (non-hydrogen) atoms. The quantitative estimate of drug-likeness (QED) is 0.842. The first-order valence-electron chi connectivity index (χ1n) is 6.94. The molecule has 0 aromatic heterocycles. The van der Waals surface area contributed by atoms with Gasteiger partial charge in [0.15, 0.2) is 0 Å². The predicted molar refractivity (Wildman–Crippen MR) is 79.8 cm³/mol. The number of amides is 2. The number of para-hydroxylation sites is 1. The van der Waals surface area contributed by atoms with Gasteiger partial charge in [-0.05, 0) is 18.6 Å². The maximum atomic E-state index is 12.5. The van der Waals surface area contributed by atoms with Gasteiger partial charge < -0.3 is 20.3 Å². The van der Waals surface area contributed by atoms with Crippen molar-refractivity contribution in [1.82, 2.24) is 4.90 Å². The average molecular weight is 291 g/mol. The Bertz CT molecular complexity index is 506. The Morgan fingerprint density at radius 1 is 1.48 bits per heavy atom. The Balaban J connectivity index is 2.06. The van der Waals surface area contributed by atoms with Crippen LogP contribution < -0.4 is 10.6 Å². The molecule has 2 rings (SSSR count). The third-order valence-electron chi connectivity index (χ3n) is 3.72. The summed E-state index contributed by atoms with van der Waals surface area (Å²) in [6.45, 7) is 0.747. The number of benzene rings is 1. The summed E-state index contributed by atoms with van der Waals surface area (Å²) in [6.07, 6.45) is 0.607. The molecule has 1 fully saturated rings. The van der Waals surface area contributed by atoms with E-state index in [1.807, 2.05) is 30.3 Å². The molecule has 114 valence electrons. The van der Waals surface area contributed by atoms with Crippen molar-refractivity contribution in [2.75, 3.05) is 32.2 Å². The van der Waals surface area contributed by atoms with E-state index in [2.05, 4.69) is 0 Å². The molecule has 2 amide bonds.